The van der Waals surface area contributed by atoms with Gasteiger partial charge in [0.15, 0.2) is 0 Å². The van der Waals surface area contributed by atoms with Crippen molar-refractivity contribution < 1.29 is 8.78 Å². The average Bonchev–Trinajstić information content (AvgIpc) is 3.12. The van der Waals surface area contributed by atoms with Crippen LogP contribution in [-0.2, 0) is 5.41 Å². The Hall–Kier alpha value is -3.56. The highest BCUT2D eigenvalue weighted by molar-refractivity contribution is 5.76. The molecule has 0 amide bonds. The molecule has 1 aliphatic carbocycles. The molecule has 0 spiro atoms. The minimum atomic E-state index is -0.605. The lowest BCUT2D eigenvalue weighted by molar-refractivity contribution is 0.129. The van der Waals surface area contributed by atoms with Crippen LogP contribution in [0.4, 0.5) is 37.9 Å². The summed E-state index contributed by atoms with van der Waals surface area (Å²) in [5, 5.41) is 6.81. The van der Waals surface area contributed by atoms with Crippen molar-refractivity contribution in [1.82, 2.24) is 19.9 Å². The first-order chi connectivity index (χ1) is 17.2. The third kappa shape index (κ3) is 3.70. The summed E-state index contributed by atoms with van der Waals surface area (Å²) in [6.07, 6.45) is 2.78. The fraction of sp³-hybridized carbons (Fsp3) is 0.462. The number of piperidine rings is 2. The number of hydrogen-bond acceptors (Lipinski definition) is 8. The minimum Gasteiger partial charge on any atom is -0.373 e. The second kappa shape index (κ2) is 8.25. The molecule has 7 rings (SSSR count). The van der Waals surface area contributed by atoms with Gasteiger partial charge in [0.1, 0.15) is 35.4 Å². The van der Waals surface area contributed by atoms with E-state index >= 15 is 0 Å². The Bertz CT molecular complexity index is 1320. The third-order valence-electron chi connectivity index (χ3n) is 7.75. The quantitative estimate of drug-likeness (QED) is 0.547. The number of anilines is 5. The topological polar surface area (TPSA) is 82.1 Å². The molecule has 2 bridgehead atoms. The molecular formula is C26H30F2N8. The van der Waals surface area contributed by atoms with Crippen LogP contribution >= 0.6 is 0 Å². The highest BCUT2D eigenvalue weighted by atomic mass is 19.1. The molecule has 2 aromatic heterocycles. The molecular weight excluding hydrogens is 462 g/mol. The highest BCUT2D eigenvalue weighted by Gasteiger charge is 2.48. The molecule has 3 aliphatic heterocycles. The molecule has 2 atom stereocenters. The van der Waals surface area contributed by atoms with E-state index in [1.807, 2.05) is 24.9 Å². The summed E-state index contributed by atoms with van der Waals surface area (Å²) in [5.74, 6) is 2.57. The van der Waals surface area contributed by atoms with Gasteiger partial charge in [-0.15, -0.1) is 0 Å². The third-order valence-corrected chi connectivity index (χ3v) is 7.75. The fourth-order valence-corrected chi connectivity index (χ4v) is 6.03. The second-order valence-electron chi connectivity index (χ2n) is 10.8. The van der Waals surface area contributed by atoms with Crippen molar-refractivity contribution in [2.45, 2.75) is 38.6 Å². The summed E-state index contributed by atoms with van der Waals surface area (Å²) in [4.78, 5) is 22.5. The molecule has 2 N–H and O–H groups in total. The van der Waals surface area contributed by atoms with E-state index in [1.54, 1.807) is 6.33 Å². The summed E-state index contributed by atoms with van der Waals surface area (Å²) in [6, 6.07) is 5.96. The predicted octanol–water partition coefficient (Wildman–Crippen LogP) is 4.26. The van der Waals surface area contributed by atoms with Crippen LogP contribution in [0.25, 0.3) is 0 Å². The van der Waals surface area contributed by atoms with Crippen molar-refractivity contribution in [2.24, 2.45) is 11.8 Å². The normalized spacial score (nSPS) is 23.8. The van der Waals surface area contributed by atoms with Crippen LogP contribution in [0.1, 0.15) is 31.5 Å². The second-order valence-corrected chi connectivity index (χ2v) is 10.8. The van der Waals surface area contributed by atoms with Gasteiger partial charge in [-0.2, -0.15) is 9.97 Å². The zero-order valence-electron chi connectivity index (χ0n) is 20.9. The largest absolute Gasteiger partial charge is 0.373 e. The molecule has 0 radical (unpaired) electrons. The van der Waals surface area contributed by atoms with Gasteiger partial charge in [-0.1, -0.05) is 13.8 Å². The van der Waals surface area contributed by atoms with E-state index in [9.17, 15) is 8.78 Å². The molecule has 1 aromatic carbocycles. The molecule has 5 heterocycles. The Kier molecular flexibility index (Phi) is 5.24. The van der Waals surface area contributed by atoms with Crippen LogP contribution < -0.4 is 20.4 Å². The van der Waals surface area contributed by atoms with Crippen molar-refractivity contribution in [3.63, 3.8) is 0 Å². The van der Waals surface area contributed by atoms with Crippen molar-refractivity contribution in [1.29, 1.82) is 0 Å². The summed E-state index contributed by atoms with van der Waals surface area (Å²) < 4.78 is 28.4. The van der Waals surface area contributed by atoms with Crippen molar-refractivity contribution >= 4 is 29.1 Å². The van der Waals surface area contributed by atoms with Crippen molar-refractivity contribution in [3.8, 4) is 0 Å². The Morgan fingerprint density at radius 1 is 1.06 bits per heavy atom. The minimum absolute atomic E-state index is 0.261. The average molecular weight is 493 g/mol. The smallest absolute Gasteiger partial charge is 0.226 e. The lowest BCUT2D eigenvalue weighted by Crippen LogP contribution is -2.61. The number of nitrogens with one attached hydrogen (secondary N) is 2. The van der Waals surface area contributed by atoms with E-state index in [2.05, 4.69) is 39.3 Å². The first kappa shape index (κ1) is 22.9. The fourth-order valence-electron chi connectivity index (χ4n) is 6.03. The monoisotopic (exact) mass is 492 g/mol. The van der Waals surface area contributed by atoms with Crippen LogP contribution in [-0.4, -0.2) is 52.7 Å². The van der Waals surface area contributed by atoms with E-state index in [4.69, 9.17) is 9.97 Å². The van der Waals surface area contributed by atoms with E-state index in [1.165, 1.54) is 12.1 Å². The standard InChI is InChI=1S/C26H30F2N8/c1-14-7-20(31-13-30-14)35-10-15-8-16(11-35)22(15)32-25-33-23(29-4)21-24(34-25)36(12-26(21,2)3)19-6-5-17(27)9-18(19)28/h5-7,9,13,15-16,22H,8,10-12H2,1-4H3,(H2,29,32,33,34). The number of aromatic nitrogens is 4. The van der Waals surface area contributed by atoms with Gasteiger partial charge in [0.2, 0.25) is 5.95 Å². The molecule has 2 unspecified atom stereocenters. The maximum absolute atomic E-state index is 14.8. The molecule has 1 saturated carbocycles. The molecule has 3 fully saturated rings. The predicted molar refractivity (Wildman–Crippen MR) is 136 cm³/mol. The van der Waals surface area contributed by atoms with Gasteiger partial charge in [-0.25, -0.2) is 18.7 Å². The van der Waals surface area contributed by atoms with Crippen molar-refractivity contribution in [2.75, 3.05) is 47.1 Å². The summed E-state index contributed by atoms with van der Waals surface area (Å²) in [7, 11) is 1.84. The Morgan fingerprint density at radius 2 is 1.83 bits per heavy atom. The van der Waals surface area contributed by atoms with Crippen LogP contribution in [0.2, 0.25) is 0 Å². The molecule has 2 saturated heterocycles. The van der Waals surface area contributed by atoms with Crippen LogP contribution in [0.15, 0.2) is 30.6 Å². The zero-order valence-corrected chi connectivity index (χ0v) is 20.9. The molecule has 10 heteroatoms. The first-order valence-electron chi connectivity index (χ1n) is 12.4. The maximum Gasteiger partial charge on any atom is 0.226 e. The Morgan fingerprint density at radius 3 is 2.53 bits per heavy atom. The number of halogens is 2. The molecule has 36 heavy (non-hydrogen) atoms. The summed E-state index contributed by atoms with van der Waals surface area (Å²) in [6.45, 7) is 8.49. The van der Waals surface area contributed by atoms with Gasteiger partial charge >= 0.3 is 0 Å². The van der Waals surface area contributed by atoms with E-state index in [0.29, 0.717) is 35.8 Å². The zero-order chi connectivity index (χ0) is 25.2. The van der Waals surface area contributed by atoms with Gasteiger partial charge in [0.05, 0.1) is 5.69 Å². The number of nitrogens with zero attached hydrogens (tertiary/aromatic N) is 6. The van der Waals surface area contributed by atoms with Crippen LogP contribution in [0.3, 0.4) is 0 Å². The summed E-state index contributed by atoms with van der Waals surface area (Å²) >= 11 is 0. The van der Waals surface area contributed by atoms with E-state index in [0.717, 1.165) is 48.5 Å². The lowest BCUT2D eigenvalue weighted by Gasteiger charge is -2.54. The van der Waals surface area contributed by atoms with Crippen LogP contribution in [0.5, 0.6) is 0 Å². The number of fused-ring (bicyclic) bond motifs is 3. The van der Waals surface area contributed by atoms with E-state index in [-0.39, 0.29) is 11.5 Å². The number of rotatable bonds is 5. The van der Waals surface area contributed by atoms with Gasteiger partial charge in [0, 0.05) is 61.5 Å². The first-order valence-corrected chi connectivity index (χ1v) is 12.4. The SMILES string of the molecule is CNc1nc(NC2C3CC2CN(c2cc(C)ncn2)C3)nc2c1C(C)(C)CN2c1ccc(F)cc1F. The van der Waals surface area contributed by atoms with Gasteiger partial charge in [-0.05, 0) is 37.3 Å². The highest BCUT2D eigenvalue weighted by Crippen LogP contribution is 2.48. The number of hydrogen-bond donors (Lipinski definition) is 2. The molecule has 8 nitrogen and oxygen atoms in total. The number of benzene rings is 1. The molecule has 3 aromatic rings. The molecule has 188 valence electrons. The lowest BCUT2D eigenvalue weighted by atomic mass is 9.66. The van der Waals surface area contributed by atoms with Gasteiger partial charge in [-0.3, -0.25) is 0 Å². The van der Waals surface area contributed by atoms with Crippen molar-refractivity contribution in [3.05, 3.63) is 53.5 Å². The Labute approximate surface area is 209 Å². The maximum atomic E-state index is 14.8. The number of aryl methyl sites for hydroxylation is 1. The van der Waals surface area contributed by atoms with Gasteiger partial charge in [0.25, 0.3) is 0 Å². The van der Waals surface area contributed by atoms with E-state index < -0.39 is 11.6 Å². The molecule has 4 aliphatic rings. The summed E-state index contributed by atoms with van der Waals surface area (Å²) in [5.41, 5.74) is 1.88. The Balaban J connectivity index is 1.29. The van der Waals surface area contributed by atoms with Gasteiger partial charge < -0.3 is 20.4 Å². The van der Waals surface area contributed by atoms with Crippen LogP contribution in [0, 0.1) is 30.4 Å².